The molecule has 1 aromatic carbocycles. The Balaban J connectivity index is 1.83. The van der Waals surface area contributed by atoms with Crippen LogP contribution in [0.2, 0.25) is 0 Å². The van der Waals surface area contributed by atoms with Crippen molar-refractivity contribution in [1.82, 2.24) is 19.9 Å². The van der Waals surface area contributed by atoms with E-state index in [9.17, 15) is 4.79 Å². The Morgan fingerprint density at radius 3 is 2.57 bits per heavy atom. The summed E-state index contributed by atoms with van der Waals surface area (Å²) in [5, 5.41) is 0.908. The minimum Gasteiger partial charge on any atom is -0.336 e. The number of fused-ring (bicyclic) bond motifs is 1. The van der Waals surface area contributed by atoms with E-state index in [0.29, 0.717) is 6.04 Å². The van der Waals surface area contributed by atoms with Crippen LogP contribution in [-0.2, 0) is 0 Å². The van der Waals surface area contributed by atoms with Gasteiger partial charge in [-0.3, -0.25) is 4.79 Å². The minimum atomic E-state index is 0.101. The maximum absolute atomic E-state index is 13.6. The average molecular weight is 374 g/mol. The van der Waals surface area contributed by atoms with Gasteiger partial charge in [-0.2, -0.15) is 0 Å². The molecule has 1 amide bonds. The van der Waals surface area contributed by atoms with Gasteiger partial charge in [-0.25, -0.2) is 15.0 Å². The van der Waals surface area contributed by atoms with Gasteiger partial charge in [-0.15, -0.1) is 0 Å². The molecule has 5 nitrogen and oxygen atoms in total. The van der Waals surface area contributed by atoms with E-state index in [2.05, 4.69) is 21.8 Å². The van der Waals surface area contributed by atoms with Crippen LogP contribution in [-0.4, -0.2) is 38.3 Å². The molecule has 2 heterocycles. The van der Waals surface area contributed by atoms with Crippen molar-refractivity contribution in [3.8, 4) is 11.3 Å². The first-order valence-electron chi connectivity index (χ1n) is 10.1. The number of pyridine rings is 1. The van der Waals surface area contributed by atoms with Crippen molar-refractivity contribution in [3.63, 3.8) is 0 Å². The van der Waals surface area contributed by atoms with E-state index in [1.54, 1.807) is 12.4 Å². The van der Waals surface area contributed by atoms with Gasteiger partial charge >= 0.3 is 0 Å². The standard InChI is InChI=1S/C23H26N4O/c1-3-27(18-7-5-4-6-8-18)23(28)20-12-21(17-13-24-15-25-14-17)26-22-11-16(2)9-10-19(20)22/h9-15,18H,3-8H2,1-2H3. The van der Waals surface area contributed by atoms with Gasteiger partial charge in [0.25, 0.3) is 5.91 Å². The summed E-state index contributed by atoms with van der Waals surface area (Å²) in [4.78, 5) is 28.7. The van der Waals surface area contributed by atoms with E-state index in [4.69, 9.17) is 4.98 Å². The highest BCUT2D eigenvalue weighted by molar-refractivity contribution is 6.07. The lowest BCUT2D eigenvalue weighted by molar-refractivity contribution is 0.0650. The van der Waals surface area contributed by atoms with E-state index >= 15 is 0 Å². The molecule has 2 aromatic heterocycles. The third-order valence-electron chi connectivity index (χ3n) is 5.67. The number of hydrogen-bond acceptors (Lipinski definition) is 4. The summed E-state index contributed by atoms with van der Waals surface area (Å²) in [6.07, 6.45) is 10.9. The molecule has 0 atom stereocenters. The number of benzene rings is 1. The Morgan fingerprint density at radius 2 is 1.86 bits per heavy atom. The van der Waals surface area contributed by atoms with Crippen LogP contribution in [0.15, 0.2) is 43.0 Å². The van der Waals surface area contributed by atoms with Gasteiger partial charge in [0.2, 0.25) is 0 Å². The van der Waals surface area contributed by atoms with Gasteiger partial charge in [0.05, 0.1) is 16.8 Å². The van der Waals surface area contributed by atoms with Crippen LogP contribution in [0.25, 0.3) is 22.2 Å². The second-order valence-corrected chi connectivity index (χ2v) is 7.59. The van der Waals surface area contributed by atoms with Crippen LogP contribution in [0, 0.1) is 6.92 Å². The first-order valence-corrected chi connectivity index (χ1v) is 10.1. The van der Waals surface area contributed by atoms with Crippen LogP contribution >= 0.6 is 0 Å². The van der Waals surface area contributed by atoms with Gasteiger partial charge in [0.1, 0.15) is 6.33 Å². The minimum absolute atomic E-state index is 0.101. The average Bonchev–Trinajstić information content (AvgIpc) is 2.74. The molecule has 1 saturated carbocycles. The van der Waals surface area contributed by atoms with E-state index in [1.165, 1.54) is 25.6 Å². The lowest BCUT2D eigenvalue weighted by atomic mass is 9.93. The molecular weight excluding hydrogens is 348 g/mol. The zero-order valence-corrected chi connectivity index (χ0v) is 16.6. The smallest absolute Gasteiger partial charge is 0.254 e. The number of aryl methyl sites for hydroxylation is 1. The molecule has 0 spiro atoms. The second kappa shape index (κ2) is 8.05. The van der Waals surface area contributed by atoms with Gasteiger partial charge < -0.3 is 4.90 Å². The third-order valence-corrected chi connectivity index (χ3v) is 5.67. The Bertz CT molecular complexity index is 981. The van der Waals surface area contributed by atoms with E-state index in [1.807, 2.05) is 31.2 Å². The molecule has 0 unspecified atom stereocenters. The molecule has 5 heteroatoms. The maximum atomic E-state index is 13.6. The summed E-state index contributed by atoms with van der Waals surface area (Å²) in [5.41, 5.74) is 4.24. The van der Waals surface area contributed by atoms with Gasteiger partial charge in [0.15, 0.2) is 0 Å². The lowest BCUT2D eigenvalue weighted by Gasteiger charge is -2.34. The zero-order valence-electron chi connectivity index (χ0n) is 16.6. The number of nitrogens with zero attached hydrogens (tertiary/aromatic N) is 4. The topological polar surface area (TPSA) is 59.0 Å². The van der Waals surface area contributed by atoms with Gasteiger partial charge in [0, 0.05) is 35.9 Å². The first kappa shape index (κ1) is 18.5. The van der Waals surface area contributed by atoms with Crippen molar-refractivity contribution in [2.45, 2.75) is 52.0 Å². The fourth-order valence-electron chi connectivity index (χ4n) is 4.21. The quantitative estimate of drug-likeness (QED) is 0.658. The Hall–Kier alpha value is -2.82. The van der Waals surface area contributed by atoms with Crippen LogP contribution in [0.5, 0.6) is 0 Å². The van der Waals surface area contributed by atoms with Crippen LogP contribution < -0.4 is 0 Å². The van der Waals surface area contributed by atoms with E-state index in [-0.39, 0.29) is 5.91 Å². The molecule has 1 aliphatic carbocycles. The number of aromatic nitrogens is 3. The first-order chi connectivity index (χ1) is 13.7. The normalized spacial score (nSPS) is 14.9. The molecule has 0 N–H and O–H groups in total. The number of rotatable bonds is 4. The highest BCUT2D eigenvalue weighted by Crippen LogP contribution is 2.29. The largest absolute Gasteiger partial charge is 0.336 e. The van der Waals surface area contributed by atoms with Crippen molar-refractivity contribution in [2.75, 3.05) is 6.54 Å². The van der Waals surface area contributed by atoms with Crippen LogP contribution in [0.3, 0.4) is 0 Å². The molecule has 0 radical (unpaired) electrons. The summed E-state index contributed by atoms with van der Waals surface area (Å²) in [7, 11) is 0. The molecule has 0 saturated heterocycles. The lowest BCUT2D eigenvalue weighted by Crippen LogP contribution is -2.41. The Labute approximate surface area is 165 Å². The zero-order chi connectivity index (χ0) is 19.5. The van der Waals surface area contributed by atoms with Crippen molar-refractivity contribution in [2.24, 2.45) is 0 Å². The highest BCUT2D eigenvalue weighted by Gasteiger charge is 2.26. The van der Waals surface area contributed by atoms with Crippen molar-refractivity contribution in [1.29, 1.82) is 0 Å². The predicted molar refractivity (Wildman–Crippen MR) is 111 cm³/mol. The van der Waals surface area contributed by atoms with Crippen LogP contribution in [0.1, 0.15) is 54.9 Å². The summed E-state index contributed by atoms with van der Waals surface area (Å²) >= 11 is 0. The molecule has 0 bridgehead atoms. The maximum Gasteiger partial charge on any atom is 0.254 e. The monoisotopic (exact) mass is 374 g/mol. The molecular formula is C23H26N4O. The summed E-state index contributed by atoms with van der Waals surface area (Å²) in [5.74, 6) is 0.101. The van der Waals surface area contributed by atoms with Crippen molar-refractivity contribution in [3.05, 3.63) is 54.1 Å². The highest BCUT2D eigenvalue weighted by atomic mass is 16.2. The van der Waals surface area contributed by atoms with Gasteiger partial charge in [-0.05, 0) is 44.4 Å². The fraction of sp³-hybridized carbons (Fsp3) is 0.391. The van der Waals surface area contributed by atoms with Crippen molar-refractivity contribution < 1.29 is 4.79 Å². The summed E-state index contributed by atoms with van der Waals surface area (Å²) in [6, 6.07) is 8.34. The number of carbonyl (C=O) groups is 1. The Kier molecular flexibility index (Phi) is 5.33. The number of amides is 1. The molecule has 3 aromatic rings. The molecule has 144 valence electrons. The fourth-order valence-corrected chi connectivity index (χ4v) is 4.21. The summed E-state index contributed by atoms with van der Waals surface area (Å²) in [6.45, 7) is 4.84. The number of hydrogen-bond donors (Lipinski definition) is 0. The molecule has 4 rings (SSSR count). The van der Waals surface area contributed by atoms with E-state index in [0.717, 1.165) is 52.7 Å². The number of carbonyl (C=O) groups excluding carboxylic acids is 1. The SMILES string of the molecule is CCN(C(=O)c1cc(-c2cncnc2)nc2cc(C)ccc12)C1CCCCC1. The van der Waals surface area contributed by atoms with Gasteiger partial charge in [-0.1, -0.05) is 31.4 Å². The van der Waals surface area contributed by atoms with Crippen LogP contribution in [0.4, 0.5) is 0 Å². The third kappa shape index (κ3) is 3.61. The van der Waals surface area contributed by atoms with Crippen molar-refractivity contribution >= 4 is 16.8 Å². The molecule has 28 heavy (non-hydrogen) atoms. The molecule has 1 fully saturated rings. The Morgan fingerprint density at radius 1 is 1.11 bits per heavy atom. The molecule has 1 aliphatic rings. The predicted octanol–water partition coefficient (Wildman–Crippen LogP) is 4.80. The molecule has 0 aliphatic heterocycles. The van der Waals surface area contributed by atoms with E-state index < -0.39 is 0 Å². The summed E-state index contributed by atoms with van der Waals surface area (Å²) < 4.78 is 0. The second-order valence-electron chi connectivity index (χ2n) is 7.59.